The van der Waals surface area contributed by atoms with Crippen molar-refractivity contribution in [2.45, 2.75) is 40.0 Å². The van der Waals surface area contributed by atoms with Crippen molar-refractivity contribution in [2.24, 2.45) is 0 Å². The van der Waals surface area contributed by atoms with E-state index in [1.165, 1.54) is 33.9 Å². The highest BCUT2D eigenvalue weighted by Crippen LogP contribution is 2.45. The number of fused-ring (bicyclic) bond motifs is 1. The summed E-state index contributed by atoms with van der Waals surface area (Å²) in [5.74, 6) is 0. The number of benzene rings is 3. The first kappa shape index (κ1) is 20.4. The summed E-state index contributed by atoms with van der Waals surface area (Å²) in [5.41, 5.74) is 10.8. The molecule has 0 spiro atoms. The fourth-order valence-electron chi connectivity index (χ4n) is 4.43. The lowest BCUT2D eigenvalue weighted by molar-refractivity contribution is 0.590. The molecule has 0 aliphatic carbocycles. The van der Waals surface area contributed by atoms with E-state index in [1.54, 1.807) is 0 Å². The van der Waals surface area contributed by atoms with Gasteiger partial charge in [0.2, 0.25) is 0 Å². The summed E-state index contributed by atoms with van der Waals surface area (Å²) in [6.07, 6.45) is 0. The molecular formula is C28H30N4. The first-order valence-electron chi connectivity index (χ1n) is 11.2. The monoisotopic (exact) mass is 422 g/mol. The number of anilines is 4. The van der Waals surface area contributed by atoms with E-state index < -0.39 is 0 Å². The minimum atomic E-state index is 0.149. The van der Waals surface area contributed by atoms with Crippen molar-refractivity contribution in [1.82, 2.24) is 10.2 Å². The standard InChI is InChI=1S/C28H30N4/c1-19-14-21(25-16-20(2)29-30-25)17-24(15-19)32-18-31(26-8-6-7-9-27(26)32)23-12-10-22(11-13-23)28(3,4)5/h6-17H,18H2,1-5H3,(H,29,30). The Balaban J connectivity index is 1.54. The van der Waals surface area contributed by atoms with Gasteiger partial charge >= 0.3 is 0 Å². The van der Waals surface area contributed by atoms with Crippen LogP contribution in [0.1, 0.15) is 37.6 Å². The largest absolute Gasteiger partial charge is 0.321 e. The Bertz CT molecular complexity index is 1260. The number of H-pyrrole nitrogens is 1. The van der Waals surface area contributed by atoms with Crippen LogP contribution < -0.4 is 9.80 Å². The predicted octanol–water partition coefficient (Wildman–Crippen LogP) is 7.24. The number of rotatable bonds is 3. The van der Waals surface area contributed by atoms with Crippen molar-refractivity contribution < 1.29 is 0 Å². The third kappa shape index (κ3) is 3.66. The average molecular weight is 423 g/mol. The second kappa shape index (κ2) is 7.56. The van der Waals surface area contributed by atoms with E-state index in [9.17, 15) is 0 Å². The number of nitrogens with one attached hydrogen (secondary N) is 1. The average Bonchev–Trinajstić information content (AvgIpc) is 3.37. The first-order chi connectivity index (χ1) is 15.3. The van der Waals surface area contributed by atoms with Crippen molar-refractivity contribution in [1.29, 1.82) is 0 Å². The lowest BCUT2D eigenvalue weighted by Crippen LogP contribution is -2.24. The number of para-hydroxylation sites is 2. The molecule has 1 aromatic heterocycles. The number of aryl methyl sites for hydroxylation is 2. The molecular weight excluding hydrogens is 392 g/mol. The smallest absolute Gasteiger partial charge is 0.100 e. The number of hydrogen-bond acceptors (Lipinski definition) is 3. The van der Waals surface area contributed by atoms with Crippen LogP contribution in [-0.2, 0) is 5.41 Å². The summed E-state index contributed by atoms with van der Waals surface area (Å²) >= 11 is 0. The highest BCUT2D eigenvalue weighted by Gasteiger charge is 2.28. The molecule has 1 aliphatic heterocycles. The zero-order chi connectivity index (χ0) is 22.5. The van der Waals surface area contributed by atoms with Gasteiger partial charge in [-0.05, 0) is 78.9 Å². The Hall–Kier alpha value is -3.53. The van der Waals surface area contributed by atoms with Crippen LogP contribution in [-0.4, -0.2) is 16.9 Å². The molecule has 3 aromatic carbocycles. The highest BCUT2D eigenvalue weighted by molar-refractivity contribution is 5.87. The topological polar surface area (TPSA) is 35.2 Å². The highest BCUT2D eigenvalue weighted by atomic mass is 15.4. The van der Waals surface area contributed by atoms with Gasteiger partial charge in [-0.1, -0.05) is 45.0 Å². The number of aromatic amines is 1. The Morgan fingerprint density at radius 2 is 1.44 bits per heavy atom. The molecule has 5 rings (SSSR count). The molecule has 0 atom stereocenters. The molecule has 0 fully saturated rings. The zero-order valence-electron chi connectivity index (χ0n) is 19.5. The molecule has 0 saturated heterocycles. The van der Waals surface area contributed by atoms with E-state index in [0.717, 1.165) is 23.6 Å². The number of nitrogens with zero attached hydrogens (tertiary/aromatic N) is 3. The van der Waals surface area contributed by atoms with Gasteiger partial charge in [-0.25, -0.2) is 0 Å². The fourth-order valence-corrected chi connectivity index (χ4v) is 4.43. The molecule has 4 aromatic rings. The third-order valence-electron chi connectivity index (χ3n) is 6.17. The van der Waals surface area contributed by atoms with Crippen molar-refractivity contribution in [2.75, 3.05) is 16.5 Å². The van der Waals surface area contributed by atoms with E-state index in [0.29, 0.717) is 0 Å². The maximum atomic E-state index is 4.48. The van der Waals surface area contributed by atoms with Gasteiger partial charge in [0.15, 0.2) is 0 Å². The minimum Gasteiger partial charge on any atom is -0.321 e. The molecule has 4 heteroatoms. The molecule has 4 nitrogen and oxygen atoms in total. The van der Waals surface area contributed by atoms with Gasteiger partial charge in [0.1, 0.15) is 6.67 Å². The van der Waals surface area contributed by atoms with E-state index in [-0.39, 0.29) is 5.41 Å². The van der Waals surface area contributed by atoms with Crippen LogP contribution >= 0.6 is 0 Å². The summed E-state index contributed by atoms with van der Waals surface area (Å²) < 4.78 is 0. The Morgan fingerprint density at radius 3 is 2.03 bits per heavy atom. The van der Waals surface area contributed by atoms with Crippen molar-refractivity contribution in [3.8, 4) is 11.3 Å². The summed E-state index contributed by atoms with van der Waals surface area (Å²) in [4.78, 5) is 4.78. The van der Waals surface area contributed by atoms with Crippen LogP contribution in [0.3, 0.4) is 0 Å². The normalized spacial score (nSPS) is 13.5. The van der Waals surface area contributed by atoms with Crippen LogP contribution in [0.25, 0.3) is 11.3 Å². The summed E-state index contributed by atoms with van der Waals surface area (Å²) in [7, 11) is 0. The predicted molar refractivity (Wildman–Crippen MR) is 134 cm³/mol. The second-order valence-electron chi connectivity index (χ2n) is 9.78. The van der Waals surface area contributed by atoms with Gasteiger partial charge < -0.3 is 9.80 Å². The molecule has 32 heavy (non-hydrogen) atoms. The molecule has 0 bridgehead atoms. The SMILES string of the molecule is Cc1cc(-c2cc(C)[nH]n2)cc(N2CN(c3ccc(C(C)(C)C)cc3)c3ccccc32)c1. The van der Waals surface area contributed by atoms with Crippen LogP contribution in [0, 0.1) is 13.8 Å². The van der Waals surface area contributed by atoms with Gasteiger partial charge in [0.25, 0.3) is 0 Å². The molecule has 1 aliphatic rings. The van der Waals surface area contributed by atoms with Crippen LogP contribution in [0.5, 0.6) is 0 Å². The number of aromatic nitrogens is 2. The Kier molecular flexibility index (Phi) is 4.81. The van der Waals surface area contributed by atoms with Gasteiger partial charge in [-0.3, -0.25) is 5.10 Å². The van der Waals surface area contributed by atoms with E-state index in [4.69, 9.17) is 0 Å². The van der Waals surface area contributed by atoms with Crippen LogP contribution in [0.2, 0.25) is 0 Å². The van der Waals surface area contributed by atoms with E-state index in [1.807, 2.05) is 6.92 Å². The molecule has 0 saturated carbocycles. The third-order valence-corrected chi connectivity index (χ3v) is 6.17. The van der Waals surface area contributed by atoms with Gasteiger partial charge in [-0.15, -0.1) is 0 Å². The lowest BCUT2D eigenvalue weighted by Gasteiger charge is -2.24. The zero-order valence-corrected chi connectivity index (χ0v) is 19.5. The van der Waals surface area contributed by atoms with Crippen LogP contribution in [0.4, 0.5) is 22.7 Å². The van der Waals surface area contributed by atoms with Gasteiger partial charge in [0, 0.05) is 22.6 Å². The molecule has 2 heterocycles. The molecule has 0 unspecified atom stereocenters. The second-order valence-corrected chi connectivity index (χ2v) is 9.78. The quantitative estimate of drug-likeness (QED) is 0.378. The summed E-state index contributed by atoms with van der Waals surface area (Å²) in [6, 6.07) is 26.4. The Labute approximate surface area is 190 Å². The lowest BCUT2D eigenvalue weighted by atomic mass is 9.87. The van der Waals surface area contributed by atoms with Crippen LogP contribution in [0.15, 0.2) is 72.8 Å². The molecule has 0 radical (unpaired) electrons. The first-order valence-corrected chi connectivity index (χ1v) is 11.2. The van der Waals surface area contributed by atoms with E-state index in [2.05, 4.69) is 120 Å². The van der Waals surface area contributed by atoms with E-state index >= 15 is 0 Å². The summed E-state index contributed by atoms with van der Waals surface area (Å²) in [6.45, 7) is 11.7. The van der Waals surface area contributed by atoms with Gasteiger partial charge in [0.05, 0.1) is 17.1 Å². The minimum absolute atomic E-state index is 0.149. The van der Waals surface area contributed by atoms with Crippen molar-refractivity contribution in [3.05, 3.63) is 89.6 Å². The maximum Gasteiger partial charge on any atom is 0.100 e. The van der Waals surface area contributed by atoms with Crippen molar-refractivity contribution in [3.63, 3.8) is 0 Å². The molecule has 162 valence electrons. The van der Waals surface area contributed by atoms with Gasteiger partial charge in [-0.2, -0.15) is 5.10 Å². The number of hydrogen-bond donors (Lipinski definition) is 1. The maximum absolute atomic E-state index is 4.48. The Morgan fingerprint density at radius 1 is 0.781 bits per heavy atom. The molecule has 1 N–H and O–H groups in total. The van der Waals surface area contributed by atoms with Crippen molar-refractivity contribution >= 4 is 22.7 Å². The molecule has 0 amide bonds. The fraction of sp³-hybridized carbons (Fsp3) is 0.250. The summed E-state index contributed by atoms with van der Waals surface area (Å²) in [5, 5.41) is 7.54.